The van der Waals surface area contributed by atoms with Crippen molar-refractivity contribution in [3.8, 4) is 0 Å². The third kappa shape index (κ3) is 3.05. The number of thioether (sulfide) groups is 1. The Labute approximate surface area is 129 Å². The fourth-order valence-electron chi connectivity index (χ4n) is 2.29. The van der Waals surface area contributed by atoms with Gasteiger partial charge in [0, 0.05) is 22.6 Å². The molecule has 102 valence electrons. The summed E-state index contributed by atoms with van der Waals surface area (Å²) in [6.07, 6.45) is 0. The van der Waals surface area contributed by atoms with Crippen LogP contribution in [0, 0.1) is 0 Å². The van der Waals surface area contributed by atoms with Gasteiger partial charge in [0.25, 0.3) is 0 Å². The Hall–Kier alpha value is -1.32. The monoisotopic (exact) mass is 299 g/mol. The van der Waals surface area contributed by atoms with Crippen LogP contribution in [0.25, 0.3) is 10.9 Å². The summed E-state index contributed by atoms with van der Waals surface area (Å²) in [5.74, 6) is 2.40. The molecule has 0 aliphatic rings. The molecule has 3 aromatic rings. The first-order chi connectivity index (χ1) is 9.86. The summed E-state index contributed by atoms with van der Waals surface area (Å²) >= 11 is 6.37. The molecule has 0 radical (unpaired) electrons. The summed E-state index contributed by atoms with van der Waals surface area (Å²) in [6, 6.07) is 21.2. The zero-order chi connectivity index (χ0) is 13.8. The average Bonchev–Trinajstić information content (AvgIpc) is 2.92. The molecule has 1 heterocycles. The Kier molecular flexibility index (Phi) is 4.38. The molecule has 3 heteroatoms. The molecule has 1 atom stereocenters. The molecule has 0 spiro atoms. The standard InChI is InChI=1S/C17H17NS2/c19-11-15(13-6-2-1-3-7-13)12-20-17-10-14-8-4-5-9-16(14)18-17/h1-10,15,18-19H,11-12H2. The minimum absolute atomic E-state index is 0.482. The number of aromatic amines is 1. The Morgan fingerprint density at radius 3 is 2.50 bits per heavy atom. The molecule has 20 heavy (non-hydrogen) atoms. The first-order valence-corrected chi connectivity index (χ1v) is 8.35. The number of H-pyrrole nitrogens is 1. The third-order valence-corrected chi connectivity index (χ3v) is 4.98. The van der Waals surface area contributed by atoms with Gasteiger partial charge in [-0.1, -0.05) is 48.5 Å². The van der Waals surface area contributed by atoms with E-state index in [0.29, 0.717) is 5.92 Å². The first-order valence-electron chi connectivity index (χ1n) is 6.73. The van der Waals surface area contributed by atoms with Crippen LogP contribution >= 0.6 is 24.4 Å². The van der Waals surface area contributed by atoms with E-state index >= 15 is 0 Å². The predicted molar refractivity (Wildman–Crippen MR) is 92.1 cm³/mol. The van der Waals surface area contributed by atoms with E-state index in [-0.39, 0.29) is 0 Å². The Morgan fingerprint density at radius 1 is 1.00 bits per heavy atom. The number of nitrogens with one attached hydrogen (secondary N) is 1. The average molecular weight is 299 g/mol. The molecule has 0 saturated carbocycles. The summed E-state index contributed by atoms with van der Waals surface area (Å²) in [5, 5.41) is 2.51. The van der Waals surface area contributed by atoms with Gasteiger partial charge in [-0.25, -0.2) is 0 Å². The molecule has 0 bridgehead atoms. The summed E-state index contributed by atoms with van der Waals surface area (Å²) in [4.78, 5) is 3.46. The Morgan fingerprint density at radius 2 is 1.75 bits per heavy atom. The van der Waals surface area contributed by atoms with Crippen LogP contribution in [-0.4, -0.2) is 16.5 Å². The molecule has 1 nitrogen and oxygen atoms in total. The normalized spacial score (nSPS) is 12.7. The molecule has 1 N–H and O–H groups in total. The molecule has 0 aliphatic heterocycles. The molecule has 1 aromatic heterocycles. The number of fused-ring (bicyclic) bond motifs is 1. The van der Waals surface area contributed by atoms with Gasteiger partial charge in [0.05, 0.1) is 5.03 Å². The third-order valence-electron chi connectivity index (χ3n) is 3.44. The largest absolute Gasteiger partial charge is 0.350 e. The lowest BCUT2D eigenvalue weighted by Gasteiger charge is -2.13. The zero-order valence-corrected chi connectivity index (χ0v) is 12.8. The van der Waals surface area contributed by atoms with Crippen LogP contribution in [0.5, 0.6) is 0 Å². The van der Waals surface area contributed by atoms with Crippen LogP contribution in [0.4, 0.5) is 0 Å². The van der Waals surface area contributed by atoms with Crippen molar-refractivity contribution in [2.24, 2.45) is 0 Å². The van der Waals surface area contributed by atoms with Crippen LogP contribution in [0.1, 0.15) is 11.5 Å². The van der Waals surface area contributed by atoms with Gasteiger partial charge in [-0.3, -0.25) is 0 Å². The van der Waals surface area contributed by atoms with Crippen LogP contribution in [-0.2, 0) is 0 Å². The van der Waals surface area contributed by atoms with E-state index in [1.54, 1.807) is 0 Å². The van der Waals surface area contributed by atoms with Gasteiger partial charge in [0.1, 0.15) is 0 Å². The number of para-hydroxylation sites is 1. The number of hydrogen-bond donors (Lipinski definition) is 2. The molecule has 0 saturated heterocycles. The summed E-state index contributed by atoms with van der Waals surface area (Å²) in [6.45, 7) is 0. The van der Waals surface area contributed by atoms with Crippen LogP contribution in [0.15, 0.2) is 65.7 Å². The van der Waals surface area contributed by atoms with E-state index in [2.05, 4.69) is 78.3 Å². The van der Waals surface area contributed by atoms with Gasteiger partial charge >= 0.3 is 0 Å². The first kappa shape index (κ1) is 13.7. The lowest BCUT2D eigenvalue weighted by molar-refractivity contribution is 0.897. The quantitative estimate of drug-likeness (QED) is 0.502. The predicted octanol–water partition coefficient (Wildman–Crippen LogP) is 4.97. The molecule has 0 amide bonds. The van der Waals surface area contributed by atoms with Crippen molar-refractivity contribution >= 4 is 35.3 Å². The fraction of sp³-hybridized carbons (Fsp3) is 0.176. The highest BCUT2D eigenvalue weighted by Gasteiger charge is 2.11. The molecule has 2 aromatic carbocycles. The Bertz CT molecular complexity index is 643. The van der Waals surface area contributed by atoms with E-state index < -0.39 is 0 Å². The SMILES string of the molecule is SCC(CSc1cc2ccccc2[nH]1)c1ccccc1. The summed E-state index contributed by atoms with van der Waals surface area (Å²) in [7, 11) is 0. The minimum Gasteiger partial charge on any atom is -0.350 e. The van der Waals surface area contributed by atoms with Gasteiger partial charge in [0.15, 0.2) is 0 Å². The summed E-state index contributed by atoms with van der Waals surface area (Å²) < 4.78 is 0. The number of aromatic nitrogens is 1. The molecular weight excluding hydrogens is 282 g/mol. The van der Waals surface area contributed by atoms with Gasteiger partial charge in [-0.15, -0.1) is 11.8 Å². The van der Waals surface area contributed by atoms with Crippen molar-refractivity contribution in [3.05, 3.63) is 66.2 Å². The van der Waals surface area contributed by atoms with Crippen molar-refractivity contribution in [3.63, 3.8) is 0 Å². The second-order valence-electron chi connectivity index (χ2n) is 4.82. The highest BCUT2D eigenvalue weighted by atomic mass is 32.2. The lowest BCUT2D eigenvalue weighted by Crippen LogP contribution is -2.03. The highest BCUT2D eigenvalue weighted by Crippen LogP contribution is 2.28. The molecule has 1 unspecified atom stereocenters. The fourth-order valence-corrected chi connectivity index (χ4v) is 3.89. The van der Waals surface area contributed by atoms with E-state index in [0.717, 1.165) is 11.5 Å². The topological polar surface area (TPSA) is 15.8 Å². The van der Waals surface area contributed by atoms with Gasteiger partial charge in [-0.05, 0) is 23.4 Å². The number of thiol groups is 1. The lowest BCUT2D eigenvalue weighted by atomic mass is 10.0. The molecule has 0 fully saturated rings. The van der Waals surface area contributed by atoms with E-state index in [9.17, 15) is 0 Å². The second kappa shape index (κ2) is 6.42. The van der Waals surface area contributed by atoms with Gasteiger partial charge in [0.2, 0.25) is 0 Å². The van der Waals surface area contributed by atoms with Crippen molar-refractivity contribution in [2.75, 3.05) is 11.5 Å². The van der Waals surface area contributed by atoms with E-state index in [4.69, 9.17) is 0 Å². The Balaban J connectivity index is 1.71. The van der Waals surface area contributed by atoms with E-state index in [1.165, 1.54) is 21.5 Å². The number of rotatable bonds is 5. The molecule has 3 rings (SSSR count). The van der Waals surface area contributed by atoms with Gasteiger partial charge in [-0.2, -0.15) is 12.6 Å². The second-order valence-corrected chi connectivity index (χ2v) is 6.25. The van der Waals surface area contributed by atoms with Crippen molar-refractivity contribution in [2.45, 2.75) is 10.9 Å². The zero-order valence-electron chi connectivity index (χ0n) is 11.1. The summed E-state index contributed by atoms with van der Waals surface area (Å²) in [5.41, 5.74) is 2.57. The van der Waals surface area contributed by atoms with Gasteiger partial charge < -0.3 is 4.98 Å². The number of hydrogen-bond acceptors (Lipinski definition) is 2. The molecule has 0 aliphatic carbocycles. The van der Waals surface area contributed by atoms with Crippen molar-refractivity contribution < 1.29 is 0 Å². The van der Waals surface area contributed by atoms with E-state index in [1.807, 2.05) is 11.8 Å². The maximum absolute atomic E-state index is 4.50. The van der Waals surface area contributed by atoms with Crippen LogP contribution < -0.4 is 0 Å². The number of benzene rings is 2. The maximum atomic E-state index is 4.50. The maximum Gasteiger partial charge on any atom is 0.0732 e. The minimum atomic E-state index is 0.482. The van der Waals surface area contributed by atoms with Crippen LogP contribution in [0.3, 0.4) is 0 Å². The highest BCUT2D eigenvalue weighted by molar-refractivity contribution is 7.99. The van der Waals surface area contributed by atoms with Crippen molar-refractivity contribution in [1.29, 1.82) is 0 Å². The molecular formula is C17H17NS2. The smallest absolute Gasteiger partial charge is 0.0732 e. The van der Waals surface area contributed by atoms with Crippen molar-refractivity contribution in [1.82, 2.24) is 4.98 Å². The van der Waals surface area contributed by atoms with Crippen LogP contribution in [0.2, 0.25) is 0 Å².